The minimum absolute atomic E-state index is 0. The molecule has 104 valence electrons. The average Bonchev–Trinajstić information content (AvgIpc) is 2.31. The van der Waals surface area contributed by atoms with Crippen LogP contribution in [0.15, 0.2) is 16.6 Å². The van der Waals surface area contributed by atoms with E-state index in [1.165, 1.54) is 7.11 Å². The summed E-state index contributed by atoms with van der Waals surface area (Å²) in [5.74, 6) is 0.326. The number of hydrogen-bond donors (Lipinski definition) is 3. The van der Waals surface area contributed by atoms with Crippen molar-refractivity contribution in [2.45, 2.75) is 31.9 Å². The quantitative estimate of drug-likeness (QED) is 0.770. The number of aliphatic hydroxyl groups is 1. The van der Waals surface area contributed by atoms with Crippen LogP contribution in [0.2, 0.25) is 0 Å². The van der Waals surface area contributed by atoms with Crippen LogP contribution >= 0.6 is 28.3 Å². The van der Waals surface area contributed by atoms with E-state index in [1.54, 1.807) is 12.1 Å². The second kappa shape index (κ2) is 7.84. The lowest BCUT2D eigenvalue weighted by Gasteiger charge is -2.21. The van der Waals surface area contributed by atoms with Crippen molar-refractivity contribution >= 4 is 28.3 Å². The second-order valence-corrected chi connectivity index (χ2v) is 4.84. The standard InChI is InChI=1S/C12H18BrNO3.ClH/c1-3-4-9(15)11(14)8-5-7(13)6-10(17-2)12(8)16;/h5-6,9,11,15-16H,3-4,14H2,1-2H3;1H/t9-,11+;/m1./s1. The lowest BCUT2D eigenvalue weighted by atomic mass is 9.98. The molecule has 0 saturated carbocycles. The third kappa shape index (κ3) is 4.02. The van der Waals surface area contributed by atoms with Crippen molar-refractivity contribution in [3.8, 4) is 11.5 Å². The summed E-state index contributed by atoms with van der Waals surface area (Å²) in [6.45, 7) is 1.97. The van der Waals surface area contributed by atoms with E-state index in [0.717, 1.165) is 10.9 Å². The van der Waals surface area contributed by atoms with Crippen LogP contribution in [-0.2, 0) is 0 Å². The van der Waals surface area contributed by atoms with Gasteiger partial charge in [0.15, 0.2) is 11.5 Å². The Bertz CT molecular complexity index is 390. The van der Waals surface area contributed by atoms with Crippen LogP contribution in [0.3, 0.4) is 0 Å². The monoisotopic (exact) mass is 339 g/mol. The van der Waals surface area contributed by atoms with Gasteiger partial charge in [0.1, 0.15) is 0 Å². The summed E-state index contributed by atoms with van der Waals surface area (Å²) in [5.41, 5.74) is 6.42. The van der Waals surface area contributed by atoms with Gasteiger partial charge in [0, 0.05) is 10.0 Å². The molecule has 0 saturated heterocycles. The van der Waals surface area contributed by atoms with Gasteiger partial charge in [-0.15, -0.1) is 12.4 Å². The molecule has 0 heterocycles. The van der Waals surface area contributed by atoms with Gasteiger partial charge in [0.2, 0.25) is 0 Å². The lowest BCUT2D eigenvalue weighted by Crippen LogP contribution is -2.26. The van der Waals surface area contributed by atoms with Crippen molar-refractivity contribution in [1.82, 2.24) is 0 Å². The molecule has 2 atom stereocenters. The van der Waals surface area contributed by atoms with Crippen LogP contribution in [0.25, 0.3) is 0 Å². The predicted octanol–water partition coefficient (Wildman–Crippen LogP) is 2.75. The molecule has 18 heavy (non-hydrogen) atoms. The highest BCUT2D eigenvalue weighted by Crippen LogP contribution is 2.37. The van der Waals surface area contributed by atoms with Gasteiger partial charge in [0.25, 0.3) is 0 Å². The van der Waals surface area contributed by atoms with E-state index >= 15 is 0 Å². The Morgan fingerprint density at radius 3 is 2.56 bits per heavy atom. The number of benzene rings is 1. The molecule has 6 heteroatoms. The molecule has 0 aliphatic carbocycles. The number of aromatic hydroxyl groups is 1. The number of ether oxygens (including phenoxy) is 1. The summed E-state index contributed by atoms with van der Waals surface area (Å²) >= 11 is 3.32. The fraction of sp³-hybridized carbons (Fsp3) is 0.500. The lowest BCUT2D eigenvalue weighted by molar-refractivity contribution is 0.133. The maximum Gasteiger partial charge on any atom is 0.162 e. The summed E-state index contributed by atoms with van der Waals surface area (Å²) in [7, 11) is 1.47. The number of phenols is 1. The molecule has 1 aromatic rings. The van der Waals surface area contributed by atoms with E-state index in [1.807, 2.05) is 6.92 Å². The van der Waals surface area contributed by atoms with Crippen LogP contribution < -0.4 is 10.5 Å². The van der Waals surface area contributed by atoms with Crippen molar-refractivity contribution in [2.24, 2.45) is 5.73 Å². The van der Waals surface area contributed by atoms with Gasteiger partial charge in [-0.3, -0.25) is 0 Å². The molecule has 0 amide bonds. The molecule has 0 radical (unpaired) electrons. The van der Waals surface area contributed by atoms with Crippen LogP contribution in [0.5, 0.6) is 11.5 Å². The SMILES string of the molecule is CCC[C@@H](O)[C@@H](N)c1cc(Br)cc(OC)c1O.Cl. The van der Waals surface area contributed by atoms with E-state index in [2.05, 4.69) is 15.9 Å². The largest absolute Gasteiger partial charge is 0.504 e. The normalized spacial score (nSPS) is 13.6. The molecule has 4 N–H and O–H groups in total. The first-order chi connectivity index (χ1) is 8.01. The van der Waals surface area contributed by atoms with Crippen LogP contribution in [0.4, 0.5) is 0 Å². The third-order valence-corrected chi connectivity index (χ3v) is 3.11. The van der Waals surface area contributed by atoms with Gasteiger partial charge < -0.3 is 20.7 Å². The highest BCUT2D eigenvalue weighted by molar-refractivity contribution is 9.10. The van der Waals surface area contributed by atoms with E-state index in [-0.39, 0.29) is 18.2 Å². The number of halogens is 2. The Kier molecular flexibility index (Phi) is 7.62. The topological polar surface area (TPSA) is 75.7 Å². The average molecular weight is 341 g/mol. The maximum absolute atomic E-state index is 9.96. The molecule has 0 bridgehead atoms. The summed E-state index contributed by atoms with van der Waals surface area (Å²) < 4.78 is 5.79. The van der Waals surface area contributed by atoms with E-state index in [4.69, 9.17) is 10.5 Å². The van der Waals surface area contributed by atoms with Gasteiger partial charge in [-0.2, -0.15) is 0 Å². The number of rotatable bonds is 5. The fourth-order valence-corrected chi connectivity index (χ4v) is 2.14. The summed E-state index contributed by atoms with van der Waals surface area (Å²) in [6, 6.07) is 2.72. The summed E-state index contributed by atoms with van der Waals surface area (Å²) in [4.78, 5) is 0. The first-order valence-corrected chi connectivity index (χ1v) is 6.30. The summed E-state index contributed by atoms with van der Waals surface area (Å²) in [5, 5.41) is 19.8. The van der Waals surface area contributed by atoms with Crippen molar-refractivity contribution in [2.75, 3.05) is 7.11 Å². The van der Waals surface area contributed by atoms with E-state index < -0.39 is 12.1 Å². The van der Waals surface area contributed by atoms with Crippen LogP contribution in [0.1, 0.15) is 31.4 Å². The number of phenolic OH excluding ortho intramolecular Hbond substituents is 1. The van der Waals surface area contributed by atoms with Crippen molar-refractivity contribution in [1.29, 1.82) is 0 Å². The van der Waals surface area contributed by atoms with Crippen LogP contribution in [0, 0.1) is 0 Å². The Balaban J connectivity index is 0.00000289. The molecule has 0 unspecified atom stereocenters. The Morgan fingerprint density at radius 1 is 1.44 bits per heavy atom. The van der Waals surface area contributed by atoms with E-state index in [9.17, 15) is 10.2 Å². The van der Waals surface area contributed by atoms with Crippen molar-refractivity contribution < 1.29 is 14.9 Å². The molecule has 0 spiro atoms. The Labute approximate surface area is 122 Å². The Hall–Kier alpha value is -0.490. The molecule has 0 aliphatic heterocycles. The zero-order valence-corrected chi connectivity index (χ0v) is 12.8. The highest BCUT2D eigenvalue weighted by Gasteiger charge is 2.21. The van der Waals surface area contributed by atoms with Gasteiger partial charge in [-0.1, -0.05) is 29.3 Å². The van der Waals surface area contributed by atoms with Crippen molar-refractivity contribution in [3.05, 3.63) is 22.2 Å². The molecule has 0 aliphatic rings. The summed E-state index contributed by atoms with van der Waals surface area (Å²) in [6.07, 6.45) is 0.751. The van der Waals surface area contributed by atoms with Gasteiger partial charge in [-0.05, 0) is 18.6 Å². The maximum atomic E-state index is 9.96. The van der Waals surface area contributed by atoms with Gasteiger partial charge in [-0.25, -0.2) is 0 Å². The first kappa shape index (κ1) is 17.5. The van der Waals surface area contributed by atoms with Crippen molar-refractivity contribution in [3.63, 3.8) is 0 Å². The third-order valence-electron chi connectivity index (χ3n) is 2.65. The first-order valence-electron chi connectivity index (χ1n) is 5.51. The minimum Gasteiger partial charge on any atom is -0.504 e. The molecule has 1 aromatic carbocycles. The minimum atomic E-state index is -0.676. The molecule has 1 rings (SSSR count). The smallest absolute Gasteiger partial charge is 0.162 e. The highest BCUT2D eigenvalue weighted by atomic mass is 79.9. The van der Waals surface area contributed by atoms with Crippen LogP contribution in [-0.4, -0.2) is 23.4 Å². The van der Waals surface area contributed by atoms with Gasteiger partial charge >= 0.3 is 0 Å². The van der Waals surface area contributed by atoms with E-state index in [0.29, 0.717) is 17.7 Å². The molecular formula is C12H19BrClNO3. The number of methoxy groups -OCH3 is 1. The Morgan fingerprint density at radius 2 is 2.06 bits per heavy atom. The number of nitrogens with two attached hydrogens (primary N) is 1. The molecule has 0 fully saturated rings. The predicted molar refractivity (Wildman–Crippen MR) is 77.5 cm³/mol. The molecule has 0 aromatic heterocycles. The second-order valence-electron chi connectivity index (χ2n) is 3.93. The number of hydrogen-bond acceptors (Lipinski definition) is 4. The molecular weight excluding hydrogens is 321 g/mol. The molecule has 4 nitrogen and oxygen atoms in total. The van der Waals surface area contributed by atoms with Gasteiger partial charge in [0.05, 0.1) is 19.3 Å². The zero-order valence-electron chi connectivity index (χ0n) is 10.4. The zero-order chi connectivity index (χ0) is 13.0. The fourth-order valence-electron chi connectivity index (χ4n) is 1.69. The number of aliphatic hydroxyl groups excluding tert-OH is 1.